The standard InChI is InChI=1S/C17H11N2O.C12H10N.Ir/c1-11-5-7-13-14-10-12(15-4-2-3-9-18-15)6-8-16(14)20-17(13)19-11;1-10-7-8-12(13-9-10)11-5-3-2-4-6-11;/h2-5,7-10H,1H3;2-5,7-9H,1H3;/q2*-1;. The molecule has 0 aliphatic carbocycles. The van der Waals surface area contributed by atoms with Gasteiger partial charge in [0, 0.05) is 43.6 Å². The van der Waals surface area contributed by atoms with E-state index in [1.54, 1.807) is 6.20 Å². The van der Waals surface area contributed by atoms with Crippen molar-refractivity contribution in [1.82, 2.24) is 15.0 Å². The predicted octanol–water partition coefficient (Wildman–Crippen LogP) is 7.01. The van der Waals surface area contributed by atoms with E-state index in [2.05, 4.69) is 39.2 Å². The third kappa shape index (κ3) is 5.12. The predicted molar refractivity (Wildman–Crippen MR) is 132 cm³/mol. The second kappa shape index (κ2) is 10.5. The fraction of sp³-hybridized carbons (Fsp3) is 0.0690. The fourth-order valence-electron chi connectivity index (χ4n) is 3.54. The summed E-state index contributed by atoms with van der Waals surface area (Å²) in [6.45, 7) is 3.99. The van der Waals surface area contributed by atoms with Crippen LogP contribution in [0.3, 0.4) is 0 Å². The van der Waals surface area contributed by atoms with Crippen molar-refractivity contribution in [2.45, 2.75) is 13.8 Å². The molecule has 2 aromatic carbocycles. The molecule has 5 heteroatoms. The Hall–Kier alpha value is -3.66. The van der Waals surface area contributed by atoms with Gasteiger partial charge in [-0.3, -0.25) is 0 Å². The largest absolute Gasteiger partial charge is 0.486 e. The maximum Gasteiger partial charge on any atom is 0.216 e. The molecule has 0 saturated heterocycles. The summed E-state index contributed by atoms with van der Waals surface area (Å²) in [5.41, 5.74) is 7.49. The number of hydrogen-bond donors (Lipinski definition) is 0. The van der Waals surface area contributed by atoms with Crippen molar-refractivity contribution in [2.24, 2.45) is 0 Å². The minimum atomic E-state index is 0. The summed E-state index contributed by atoms with van der Waals surface area (Å²) in [6.07, 6.45) is 3.65. The molecule has 169 valence electrons. The van der Waals surface area contributed by atoms with Crippen LogP contribution in [-0.2, 0) is 20.1 Å². The van der Waals surface area contributed by atoms with E-state index in [4.69, 9.17) is 4.42 Å². The van der Waals surface area contributed by atoms with Gasteiger partial charge in [0.1, 0.15) is 0 Å². The quantitative estimate of drug-likeness (QED) is 0.196. The Kier molecular flexibility index (Phi) is 7.27. The summed E-state index contributed by atoms with van der Waals surface area (Å²) >= 11 is 0. The molecule has 0 aliphatic heterocycles. The third-order valence-corrected chi connectivity index (χ3v) is 5.25. The van der Waals surface area contributed by atoms with Crippen molar-refractivity contribution >= 4 is 22.1 Å². The molecule has 0 spiro atoms. The first-order valence-electron chi connectivity index (χ1n) is 10.7. The van der Waals surface area contributed by atoms with Crippen molar-refractivity contribution in [3.63, 3.8) is 0 Å². The first kappa shape index (κ1) is 23.5. The molecule has 6 aromatic rings. The molecule has 0 aliphatic rings. The average Bonchev–Trinajstić information content (AvgIpc) is 3.23. The van der Waals surface area contributed by atoms with Crippen molar-refractivity contribution in [3.05, 3.63) is 115 Å². The summed E-state index contributed by atoms with van der Waals surface area (Å²) in [5, 5.41) is 2.07. The topological polar surface area (TPSA) is 51.8 Å². The number of nitrogens with zero attached hydrogens (tertiary/aromatic N) is 3. The van der Waals surface area contributed by atoms with E-state index in [1.165, 1.54) is 5.56 Å². The molecule has 0 amide bonds. The maximum absolute atomic E-state index is 5.76. The molecule has 4 heterocycles. The van der Waals surface area contributed by atoms with E-state index in [9.17, 15) is 0 Å². The van der Waals surface area contributed by atoms with Crippen LogP contribution in [0.2, 0.25) is 0 Å². The van der Waals surface area contributed by atoms with Gasteiger partial charge in [-0.2, -0.15) is 0 Å². The molecular formula is C29H21IrN3O-2. The minimum Gasteiger partial charge on any atom is -0.486 e. The summed E-state index contributed by atoms with van der Waals surface area (Å²) in [7, 11) is 0. The van der Waals surface area contributed by atoms with Crippen molar-refractivity contribution in [2.75, 3.05) is 0 Å². The van der Waals surface area contributed by atoms with Gasteiger partial charge in [-0.25, -0.2) is 4.98 Å². The Morgan fingerprint density at radius 2 is 1.62 bits per heavy atom. The number of pyridine rings is 3. The van der Waals surface area contributed by atoms with Crippen LogP contribution in [0.25, 0.3) is 44.6 Å². The Balaban J connectivity index is 0.000000171. The van der Waals surface area contributed by atoms with E-state index in [1.807, 2.05) is 86.8 Å². The molecule has 0 atom stereocenters. The Morgan fingerprint density at radius 3 is 2.35 bits per heavy atom. The molecule has 0 saturated carbocycles. The van der Waals surface area contributed by atoms with Crippen LogP contribution < -0.4 is 0 Å². The summed E-state index contributed by atoms with van der Waals surface area (Å²) in [6, 6.07) is 32.1. The molecule has 34 heavy (non-hydrogen) atoms. The normalized spacial score (nSPS) is 10.4. The molecule has 0 bridgehead atoms. The minimum absolute atomic E-state index is 0. The maximum atomic E-state index is 5.76. The zero-order chi connectivity index (χ0) is 22.6. The van der Waals surface area contributed by atoms with Crippen LogP contribution >= 0.6 is 0 Å². The molecule has 0 fully saturated rings. The van der Waals surface area contributed by atoms with Gasteiger partial charge < -0.3 is 14.4 Å². The van der Waals surface area contributed by atoms with E-state index in [0.717, 1.165) is 44.6 Å². The molecule has 0 unspecified atom stereocenters. The van der Waals surface area contributed by atoms with Crippen molar-refractivity contribution in [3.8, 4) is 22.5 Å². The SMILES string of the molecule is Cc1ccc(-c2[c-]cccc2)nc1.Cc1ccc2c(n1)oc1c[c-]c(-c3ccccn3)cc12.[Ir]. The molecule has 4 aromatic heterocycles. The molecular weight excluding hydrogens is 599 g/mol. The van der Waals surface area contributed by atoms with Gasteiger partial charge in [0.2, 0.25) is 5.71 Å². The van der Waals surface area contributed by atoms with Gasteiger partial charge >= 0.3 is 0 Å². The molecule has 0 N–H and O–H groups in total. The first-order valence-corrected chi connectivity index (χ1v) is 10.7. The number of benzene rings is 2. The van der Waals surface area contributed by atoms with Gasteiger partial charge in [-0.15, -0.1) is 59.7 Å². The second-order valence-corrected chi connectivity index (χ2v) is 7.74. The Labute approximate surface area is 212 Å². The van der Waals surface area contributed by atoms with E-state index in [-0.39, 0.29) is 20.1 Å². The second-order valence-electron chi connectivity index (χ2n) is 7.74. The van der Waals surface area contributed by atoms with E-state index in [0.29, 0.717) is 5.71 Å². The van der Waals surface area contributed by atoms with Crippen LogP contribution in [-0.4, -0.2) is 15.0 Å². The molecule has 1 radical (unpaired) electrons. The molecule has 6 rings (SSSR count). The van der Waals surface area contributed by atoms with Gasteiger partial charge in [0.05, 0.1) is 5.58 Å². The number of aromatic nitrogens is 3. The third-order valence-electron chi connectivity index (χ3n) is 5.25. The first-order chi connectivity index (χ1) is 16.2. The van der Waals surface area contributed by atoms with Crippen LogP contribution in [0.15, 0.2) is 95.7 Å². The number of aryl methyl sites for hydroxylation is 2. The number of rotatable bonds is 2. The van der Waals surface area contributed by atoms with Gasteiger partial charge in [0.25, 0.3) is 0 Å². The smallest absolute Gasteiger partial charge is 0.216 e. The summed E-state index contributed by atoms with van der Waals surface area (Å²) < 4.78 is 5.76. The number of fused-ring (bicyclic) bond motifs is 3. The number of furan rings is 1. The summed E-state index contributed by atoms with van der Waals surface area (Å²) in [5.74, 6) is 0. The van der Waals surface area contributed by atoms with E-state index >= 15 is 0 Å². The van der Waals surface area contributed by atoms with Crippen LogP contribution in [0.4, 0.5) is 0 Å². The fourth-order valence-corrected chi connectivity index (χ4v) is 3.54. The van der Waals surface area contributed by atoms with Gasteiger partial charge in [-0.05, 0) is 49.0 Å². The van der Waals surface area contributed by atoms with E-state index < -0.39 is 0 Å². The number of hydrogen-bond acceptors (Lipinski definition) is 4. The monoisotopic (exact) mass is 620 g/mol. The summed E-state index contributed by atoms with van der Waals surface area (Å²) in [4.78, 5) is 13.1. The van der Waals surface area contributed by atoms with Crippen molar-refractivity contribution < 1.29 is 24.5 Å². The van der Waals surface area contributed by atoms with Crippen LogP contribution in [0.1, 0.15) is 11.3 Å². The molecule has 4 nitrogen and oxygen atoms in total. The van der Waals surface area contributed by atoms with Crippen LogP contribution in [0, 0.1) is 26.0 Å². The van der Waals surface area contributed by atoms with Crippen molar-refractivity contribution in [1.29, 1.82) is 0 Å². The Morgan fingerprint density at radius 1 is 0.765 bits per heavy atom. The zero-order valence-electron chi connectivity index (χ0n) is 18.7. The van der Waals surface area contributed by atoms with Gasteiger partial charge in [-0.1, -0.05) is 29.7 Å². The Bertz CT molecular complexity index is 1510. The van der Waals surface area contributed by atoms with Crippen LogP contribution in [0.5, 0.6) is 0 Å². The zero-order valence-corrected chi connectivity index (χ0v) is 21.1. The average molecular weight is 620 g/mol. The van der Waals surface area contributed by atoms with Gasteiger partial charge in [0.15, 0.2) is 0 Å².